The lowest BCUT2D eigenvalue weighted by atomic mass is 10.0. The van der Waals surface area contributed by atoms with Gasteiger partial charge < -0.3 is 4.79 Å². The number of alkyl halides is 1. The molecule has 1 aliphatic carbocycles. The fourth-order valence-electron chi connectivity index (χ4n) is 0.718. The Morgan fingerprint density at radius 1 is 1.33 bits per heavy atom. The van der Waals surface area contributed by atoms with E-state index in [1.807, 2.05) is 0 Å². The number of carbonyl (C=O) groups excluding carboxylic acids is 1. The normalized spacial score (nSPS) is 32.6. The Kier molecular flexibility index (Phi) is 1.78. The zero-order chi connectivity index (χ0) is 6.69. The minimum absolute atomic E-state index is 0.560. The Morgan fingerprint density at radius 2 is 2.00 bits per heavy atom. The summed E-state index contributed by atoms with van der Waals surface area (Å²) in [5.74, 6) is -0.560. The predicted octanol–water partition coefficient (Wildman–Crippen LogP) is 1.27. The van der Waals surface area contributed by atoms with E-state index in [4.69, 9.17) is 0 Å². The average Bonchev–Trinajstić information content (AvgIpc) is 1.89. The van der Waals surface area contributed by atoms with Crippen LogP contribution < -0.4 is 0 Å². The molecule has 0 heterocycles. The zero-order valence-corrected chi connectivity index (χ0v) is 4.83. The summed E-state index contributed by atoms with van der Waals surface area (Å²) in [5.41, 5.74) is 0. The smallest absolute Gasteiger partial charge is 0.131 e. The van der Waals surface area contributed by atoms with E-state index < -0.39 is 12.1 Å². The van der Waals surface area contributed by atoms with Gasteiger partial charge in [-0.2, -0.15) is 0 Å². The molecular weight excluding hydrogens is 119 g/mol. The fourth-order valence-corrected chi connectivity index (χ4v) is 0.718. The third-order valence-corrected chi connectivity index (χ3v) is 1.26. The maximum atomic E-state index is 12.5. The minimum Gasteiger partial charge on any atom is -0.303 e. The zero-order valence-electron chi connectivity index (χ0n) is 4.83. The molecule has 0 bridgehead atoms. The van der Waals surface area contributed by atoms with Gasteiger partial charge in [-0.25, -0.2) is 4.39 Å². The first-order chi connectivity index (χ1) is 4.34. The van der Waals surface area contributed by atoms with Crippen molar-refractivity contribution in [3.05, 3.63) is 24.3 Å². The molecule has 0 fully saturated rings. The van der Waals surface area contributed by atoms with Crippen molar-refractivity contribution in [2.24, 2.45) is 5.92 Å². The third-order valence-electron chi connectivity index (χ3n) is 1.26. The second-order valence-corrected chi connectivity index (χ2v) is 1.93. The third kappa shape index (κ3) is 1.25. The molecule has 0 amide bonds. The average molecular weight is 126 g/mol. The summed E-state index contributed by atoms with van der Waals surface area (Å²) in [5, 5.41) is 0. The van der Waals surface area contributed by atoms with E-state index in [1.54, 1.807) is 18.2 Å². The predicted molar refractivity (Wildman–Crippen MR) is 32.7 cm³/mol. The topological polar surface area (TPSA) is 17.1 Å². The summed E-state index contributed by atoms with van der Waals surface area (Å²) in [6.07, 6.45) is 5.70. The molecule has 48 valence electrons. The summed E-state index contributed by atoms with van der Waals surface area (Å²) in [7, 11) is 0. The number of carbonyl (C=O) groups is 1. The molecule has 2 heteroatoms. The number of hydrogen-bond donors (Lipinski definition) is 0. The molecule has 1 rings (SSSR count). The van der Waals surface area contributed by atoms with Crippen LogP contribution in [-0.2, 0) is 4.79 Å². The van der Waals surface area contributed by atoms with Crippen molar-refractivity contribution in [1.29, 1.82) is 0 Å². The molecule has 0 N–H and O–H groups in total. The van der Waals surface area contributed by atoms with Gasteiger partial charge in [-0.05, 0) is 6.08 Å². The summed E-state index contributed by atoms with van der Waals surface area (Å²) in [6.45, 7) is 0. The Bertz CT molecular complexity index is 160. The van der Waals surface area contributed by atoms with Gasteiger partial charge in [0, 0.05) is 0 Å². The van der Waals surface area contributed by atoms with Gasteiger partial charge in [-0.1, -0.05) is 18.2 Å². The molecule has 9 heavy (non-hydrogen) atoms. The Labute approximate surface area is 52.9 Å². The first kappa shape index (κ1) is 6.20. The highest BCUT2D eigenvalue weighted by molar-refractivity contribution is 5.59. The van der Waals surface area contributed by atoms with Crippen molar-refractivity contribution in [2.45, 2.75) is 6.17 Å². The molecule has 2 atom stereocenters. The van der Waals surface area contributed by atoms with Crippen molar-refractivity contribution in [3.63, 3.8) is 0 Å². The SMILES string of the molecule is O=CC1C=CC=CC1F. The van der Waals surface area contributed by atoms with E-state index >= 15 is 0 Å². The number of allylic oxidation sites excluding steroid dienone is 4. The van der Waals surface area contributed by atoms with Crippen molar-refractivity contribution in [3.8, 4) is 0 Å². The highest BCUT2D eigenvalue weighted by Crippen LogP contribution is 2.12. The van der Waals surface area contributed by atoms with Crippen LogP contribution in [0.25, 0.3) is 0 Å². The van der Waals surface area contributed by atoms with Gasteiger partial charge in [0.05, 0.1) is 5.92 Å². The summed E-state index contributed by atoms with van der Waals surface area (Å²) < 4.78 is 12.5. The highest BCUT2D eigenvalue weighted by Gasteiger charge is 2.15. The molecule has 0 aromatic rings. The van der Waals surface area contributed by atoms with Crippen LogP contribution in [-0.4, -0.2) is 12.5 Å². The number of rotatable bonds is 1. The lowest BCUT2D eigenvalue weighted by Crippen LogP contribution is -2.13. The van der Waals surface area contributed by atoms with Crippen molar-refractivity contribution >= 4 is 6.29 Å². The monoisotopic (exact) mass is 126 g/mol. The molecule has 1 aliphatic rings. The van der Waals surface area contributed by atoms with Crippen LogP contribution in [0.1, 0.15) is 0 Å². The largest absolute Gasteiger partial charge is 0.303 e. The van der Waals surface area contributed by atoms with Gasteiger partial charge in [-0.15, -0.1) is 0 Å². The highest BCUT2D eigenvalue weighted by atomic mass is 19.1. The van der Waals surface area contributed by atoms with Crippen LogP contribution in [0, 0.1) is 5.92 Å². The minimum atomic E-state index is -1.12. The van der Waals surface area contributed by atoms with Gasteiger partial charge in [0.15, 0.2) is 0 Å². The molecule has 0 spiro atoms. The van der Waals surface area contributed by atoms with Gasteiger partial charge in [0.1, 0.15) is 12.5 Å². The molecule has 0 saturated carbocycles. The van der Waals surface area contributed by atoms with Crippen molar-refractivity contribution < 1.29 is 9.18 Å². The second kappa shape index (κ2) is 2.58. The van der Waals surface area contributed by atoms with E-state index in [0.717, 1.165) is 0 Å². The van der Waals surface area contributed by atoms with Crippen molar-refractivity contribution in [2.75, 3.05) is 0 Å². The summed E-state index contributed by atoms with van der Waals surface area (Å²) >= 11 is 0. The fraction of sp³-hybridized carbons (Fsp3) is 0.286. The standard InChI is InChI=1S/C7H7FO/c8-7-4-2-1-3-6(7)5-9/h1-7H. The van der Waals surface area contributed by atoms with E-state index in [0.29, 0.717) is 6.29 Å². The maximum Gasteiger partial charge on any atom is 0.131 e. The molecule has 0 aliphatic heterocycles. The molecule has 0 aromatic heterocycles. The first-order valence-electron chi connectivity index (χ1n) is 2.79. The number of halogens is 1. The first-order valence-corrected chi connectivity index (χ1v) is 2.79. The van der Waals surface area contributed by atoms with Crippen LogP contribution in [0.15, 0.2) is 24.3 Å². The Hall–Kier alpha value is -0.920. The Morgan fingerprint density at radius 3 is 2.44 bits per heavy atom. The van der Waals surface area contributed by atoms with Gasteiger partial charge in [0.2, 0.25) is 0 Å². The van der Waals surface area contributed by atoms with E-state index in [9.17, 15) is 9.18 Å². The van der Waals surface area contributed by atoms with Gasteiger partial charge in [0.25, 0.3) is 0 Å². The van der Waals surface area contributed by atoms with Gasteiger partial charge in [-0.3, -0.25) is 0 Å². The molecule has 0 saturated heterocycles. The second-order valence-electron chi connectivity index (χ2n) is 1.93. The molecule has 0 radical (unpaired) electrons. The van der Waals surface area contributed by atoms with E-state index in [2.05, 4.69) is 0 Å². The summed E-state index contributed by atoms with van der Waals surface area (Å²) in [4.78, 5) is 10.0. The van der Waals surface area contributed by atoms with Crippen LogP contribution >= 0.6 is 0 Å². The van der Waals surface area contributed by atoms with Crippen LogP contribution in [0.4, 0.5) is 4.39 Å². The van der Waals surface area contributed by atoms with Crippen LogP contribution in [0.2, 0.25) is 0 Å². The van der Waals surface area contributed by atoms with Crippen molar-refractivity contribution in [1.82, 2.24) is 0 Å². The lowest BCUT2D eigenvalue weighted by molar-refractivity contribution is -0.110. The van der Waals surface area contributed by atoms with E-state index in [1.165, 1.54) is 6.08 Å². The van der Waals surface area contributed by atoms with Crippen LogP contribution in [0.5, 0.6) is 0 Å². The Balaban J connectivity index is 2.65. The maximum absolute atomic E-state index is 12.5. The molecular formula is C7H7FO. The molecule has 0 aromatic carbocycles. The van der Waals surface area contributed by atoms with Gasteiger partial charge >= 0.3 is 0 Å². The number of hydrogen-bond acceptors (Lipinski definition) is 1. The summed E-state index contributed by atoms with van der Waals surface area (Å²) in [6, 6.07) is 0. The van der Waals surface area contributed by atoms with E-state index in [-0.39, 0.29) is 0 Å². The van der Waals surface area contributed by atoms with Crippen LogP contribution in [0.3, 0.4) is 0 Å². The molecule has 2 unspecified atom stereocenters. The number of aldehydes is 1. The lowest BCUT2D eigenvalue weighted by Gasteiger charge is -2.08. The molecule has 1 nitrogen and oxygen atoms in total. The quantitative estimate of drug-likeness (QED) is 0.483.